The van der Waals surface area contributed by atoms with E-state index in [0.29, 0.717) is 0 Å². The molecule has 0 fully saturated rings. The highest BCUT2D eigenvalue weighted by Gasteiger charge is 2.20. The Labute approximate surface area is 137 Å². The van der Waals surface area contributed by atoms with Crippen LogP contribution in [0.5, 0.6) is 11.5 Å². The number of fused-ring (bicyclic) bond motifs is 1. The van der Waals surface area contributed by atoms with Crippen LogP contribution in [0.25, 0.3) is 32.7 Å². The second-order valence-corrected chi connectivity index (χ2v) is 6.29. The molecule has 0 saturated heterocycles. The zero-order chi connectivity index (χ0) is 16.0. The van der Waals surface area contributed by atoms with Crippen molar-refractivity contribution in [3.63, 3.8) is 0 Å². The molecule has 0 saturated carbocycles. The molecule has 0 aliphatic rings. The van der Waals surface area contributed by atoms with Gasteiger partial charge < -0.3 is 14.6 Å². The summed E-state index contributed by atoms with van der Waals surface area (Å²) >= 11 is 1.50. The van der Waals surface area contributed by atoms with Gasteiger partial charge in [0.1, 0.15) is 22.8 Å². The summed E-state index contributed by atoms with van der Waals surface area (Å²) in [5.41, 5.74) is 3.46. The van der Waals surface area contributed by atoms with E-state index in [9.17, 15) is 10.2 Å². The van der Waals surface area contributed by atoms with Crippen LogP contribution in [0, 0.1) is 12.3 Å². The zero-order valence-electron chi connectivity index (χ0n) is 12.3. The van der Waals surface area contributed by atoms with Gasteiger partial charge in [0.25, 0.3) is 0 Å². The van der Waals surface area contributed by atoms with Crippen LogP contribution >= 0.6 is 11.3 Å². The fourth-order valence-electron chi connectivity index (χ4n) is 2.79. The summed E-state index contributed by atoms with van der Waals surface area (Å²) in [6, 6.07) is 14.2. The van der Waals surface area contributed by atoms with Crippen LogP contribution in [-0.4, -0.2) is 10.2 Å². The number of aryl methyl sites for hydroxylation is 1. The van der Waals surface area contributed by atoms with Gasteiger partial charge in [0.2, 0.25) is 0 Å². The summed E-state index contributed by atoms with van der Waals surface area (Å²) in [6.07, 6.45) is 0. The Bertz CT molecular complexity index is 980. The van der Waals surface area contributed by atoms with Crippen molar-refractivity contribution in [1.82, 2.24) is 0 Å². The fraction of sp³-hybridized carbons (Fsp3) is 0.0526. The molecule has 3 nitrogen and oxygen atoms in total. The van der Waals surface area contributed by atoms with E-state index in [1.165, 1.54) is 11.3 Å². The minimum atomic E-state index is 0.213. The standard InChI is InChI=1S/C19H13O3S/c1-11-9-14(21)10-15-17(16-3-2-8-23-16)19(22-18(11)15)12-4-6-13(20)7-5-12/h2-7,9-10,20-21H,1H3. The van der Waals surface area contributed by atoms with Gasteiger partial charge in [0.05, 0.1) is 0 Å². The lowest BCUT2D eigenvalue weighted by Gasteiger charge is -2.02. The van der Waals surface area contributed by atoms with Crippen molar-refractivity contribution >= 4 is 22.3 Å². The summed E-state index contributed by atoms with van der Waals surface area (Å²) < 4.78 is 6.13. The van der Waals surface area contributed by atoms with E-state index in [1.54, 1.807) is 24.3 Å². The third kappa shape index (κ3) is 2.28. The maximum Gasteiger partial charge on any atom is 0.144 e. The number of thiophene rings is 1. The molecule has 2 N–H and O–H groups in total. The first-order valence-corrected chi connectivity index (χ1v) is 7.97. The monoisotopic (exact) mass is 321 g/mol. The van der Waals surface area contributed by atoms with E-state index < -0.39 is 0 Å². The van der Waals surface area contributed by atoms with Crippen molar-refractivity contribution in [1.29, 1.82) is 0 Å². The largest absolute Gasteiger partial charge is 0.508 e. The Hall–Kier alpha value is -2.72. The van der Waals surface area contributed by atoms with Gasteiger partial charge in [-0.15, -0.1) is 11.3 Å². The Kier molecular flexibility index (Phi) is 3.13. The summed E-state index contributed by atoms with van der Waals surface area (Å²) in [6.45, 7) is 1.91. The van der Waals surface area contributed by atoms with E-state index >= 15 is 0 Å². The quantitative estimate of drug-likeness (QED) is 0.523. The van der Waals surface area contributed by atoms with Gasteiger partial charge in [-0.05, 0) is 61.0 Å². The van der Waals surface area contributed by atoms with Gasteiger partial charge >= 0.3 is 0 Å². The van der Waals surface area contributed by atoms with Crippen molar-refractivity contribution in [2.45, 2.75) is 6.92 Å². The van der Waals surface area contributed by atoms with Crippen molar-refractivity contribution in [3.05, 3.63) is 59.5 Å². The third-order valence-corrected chi connectivity index (χ3v) is 4.62. The predicted octanol–water partition coefficient (Wildman–Crippen LogP) is 5.35. The molecule has 0 aliphatic heterocycles. The van der Waals surface area contributed by atoms with Gasteiger partial charge in [0.15, 0.2) is 0 Å². The molecule has 4 rings (SSSR count). The van der Waals surface area contributed by atoms with Gasteiger partial charge in [-0.25, -0.2) is 0 Å². The molecule has 0 spiro atoms. The van der Waals surface area contributed by atoms with Crippen LogP contribution in [0.1, 0.15) is 5.56 Å². The first-order valence-electron chi connectivity index (χ1n) is 7.15. The van der Waals surface area contributed by atoms with E-state index in [-0.39, 0.29) is 11.5 Å². The Balaban J connectivity index is 2.09. The first kappa shape index (κ1) is 13.9. The average Bonchev–Trinajstić information content (AvgIpc) is 3.14. The van der Waals surface area contributed by atoms with Crippen molar-refractivity contribution in [2.75, 3.05) is 0 Å². The van der Waals surface area contributed by atoms with E-state index in [1.807, 2.05) is 31.2 Å². The van der Waals surface area contributed by atoms with Gasteiger partial charge in [-0.2, -0.15) is 0 Å². The van der Waals surface area contributed by atoms with Crippen LogP contribution in [0.3, 0.4) is 0 Å². The molecule has 0 bridgehead atoms. The molecule has 2 aromatic carbocycles. The van der Waals surface area contributed by atoms with Crippen LogP contribution in [0.4, 0.5) is 0 Å². The topological polar surface area (TPSA) is 53.6 Å². The highest BCUT2D eigenvalue weighted by atomic mass is 32.1. The summed E-state index contributed by atoms with van der Waals surface area (Å²) in [5.74, 6) is 1.16. The predicted molar refractivity (Wildman–Crippen MR) is 91.9 cm³/mol. The van der Waals surface area contributed by atoms with E-state index in [2.05, 4.69) is 5.38 Å². The molecule has 4 aromatic rings. The van der Waals surface area contributed by atoms with Crippen molar-refractivity contribution < 1.29 is 14.6 Å². The number of hydrogen-bond donors (Lipinski definition) is 2. The molecule has 2 heterocycles. The highest BCUT2D eigenvalue weighted by Crippen LogP contribution is 2.44. The summed E-state index contributed by atoms with van der Waals surface area (Å²) in [7, 11) is 0. The molecule has 0 unspecified atom stereocenters. The number of hydrogen-bond acceptors (Lipinski definition) is 4. The van der Waals surface area contributed by atoms with Crippen LogP contribution < -0.4 is 0 Å². The first-order chi connectivity index (χ1) is 11.1. The second-order valence-electron chi connectivity index (χ2n) is 5.41. The van der Waals surface area contributed by atoms with Crippen LogP contribution in [-0.2, 0) is 0 Å². The van der Waals surface area contributed by atoms with Crippen molar-refractivity contribution in [2.24, 2.45) is 0 Å². The molecule has 0 amide bonds. The van der Waals surface area contributed by atoms with Crippen LogP contribution in [0.2, 0.25) is 0 Å². The molecule has 1 radical (unpaired) electrons. The maximum atomic E-state index is 9.97. The summed E-state index contributed by atoms with van der Waals surface area (Å²) in [5, 5.41) is 23.5. The Morgan fingerprint density at radius 3 is 2.48 bits per heavy atom. The Morgan fingerprint density at radius 1 is 1.00 bits per heavy atom. The smallest absolute Gasteiger partial charge is 0.144 e. The molecule has 0 aliphatic carbocycles. The lowest BCUT2D eigenvalue weighted by molar-refractivity contribution is 0.474. The number of phenolic OH excluding ortho intramolecular Hbond substituents is 2. The maximum absolute atomic E-state index is 9.97. The molecule has 0 atom stereocenters. The molecular formula is C19H13O3S. The highest BCUT2D eigenvalue weighted by molar-refractivity contribution is 7.13. The number of rotatable bonds is 2. The van der Waals surface area contributed by atoms with Crippen molar-refractivity contribution in [3.8, 4) is 33.3 Å². The molecule has 113 valence electrons. The average molecular weight is 321 g/mol. The van der Waals surface area contributed by atoms with Crippen LogP contribution in [0.15, 0.2) is 52.9 Å². The normalized spacial score (nSPS) is 11.2. The number of phenols is 2. The lowest BCUT2D eigenvalue weighted by atomic mass is 10.0. The number of benzene rings is 2. The van der Waals surface area contributed by atoms with E-state index in [0.717, 1.165) is 38.3 Å². The summed E-state index contributed by atoms with van der Waals surface area (Å²) in [4.78, 5) is 1.02. The Morgan fingerprint density at radius 2 is 1.78 bits per heavy atom. The molecular weight excluding hydrogens is 308 g/mol. The molecule has 4 heteroatoms. The number of furan rings is 1. The third-order valence-electron chi connectivity index (χ3n) is 3.81. The zero-order valence-corrected chi connectivity index (χ0v) is 13.1. The van der Waals surface area contributed by atoms with Gasteiger partial charge in [0, 0.05) is 26.8 Å². The lowest BCUT2D eigenvalue weighted by Crippen LogP contribution is -1.78. The minimum Gasteiger partial charge on any atom is -0.508 e. The van der Waals surface area contributed by atoms with Gasteiger partial charge in [-0.3, -0.25) is 0 Å². The fourth-order valence-corrected chi connectivity index (χ4v) is 3.49. The number of aromatic hydroxyl groups is 2. The minimum absolute atomic E-state index is 0.213. The second kappa shape index (κ2) is 5.18. The van der Waals surface area contributed by atoms with Gasteiger partial charge in [-0.1, -0.05) is 0 Å². The van der Waals surface area contributed by atoms with E-state index in [4.69, 9.17) is 4.42 Å². The molecule has 2 aromatic heterocycles. The molecule has 23 heavy (non-hydrogen) atoms. The SMILES string of the molecule is Cc1cc(O)cc2c(-c3cc[c]s3)c(-c3ccc(O)cc3)oc12.